The second-order valence-corrected chi connectivity index (χ2v) is 11.2. The smallest absolute Gasteiger partial charge is 0.253 e. The largest absolute Gasteiger partial charge is 0.365 e. The Morgan fingerprint density at radius 1 is 1.30 bits per heavy atom. The van der Waals surface area contributed by atoms with Gasteiger partial charge in [-0.15, -0.1) is 22.7 Å². The van der Waals surface area contributed by atoms with Crippen LogP contribution in [-0.2, 0) is 14.8 Å². The number of nitrogens with one attached hydrogen (secondary N) is 1. The van der Waals surface area contributed by atoms with Crippen molar-refractivity contribution in [2.75, 3.05) is 11.9 Å². The Labute approximate surface area is 170 Å². The van der Waals surface area contributed by atoms with Gasteiger partial charge in [-0.1, -0.05) is 11.6 Å². The van der Waals surface area contributed by atoms with Crippen LogP contribution in [0.3, 0.4) is 0 Å². The summed E-state index contributed by atoms with van der Waals surface area (Å²) in [6.07, 6.45) is 0.973. The molecule has 7 nitrogen and oxygen atoms in total. The van der Waals surface area contributed by atoms with Gasteiger partial charge in [-0.25, -0.2) is 8.42 Å². The first-order chi connectivity index (χ1) is 12.6. The Balaban J connectivity index is 1.87. The first-order valence-corrected chi connectivity index (χ1v) is 11.6. The number of nitrogens with zero attached hydrogens (tertiary/aromatic N) is 1. The summed E-state index contributed by atoms with van der Waals surface area (Å²) in [7, 11) is -3.82. The summed E-state index contributed by atoms with van der Waals surface area (Å²) < 4.78 is 27.4. The van der Waals surface area contributed by atoms with Crippen molar-refractivity contribution in [2.24, 2.45) is 5.73 Å². The van der Waals surface area contributed by atoms with Crippen LogP contribution < -0.4 is 11.1 Å². The third kappa shape index (κ3) is 3.77. The number of hydrogen-bond acceptors (Lipinski definition) is 6. The summed E-state index contributed by atoms with van der Waals surface area (Å²) >= 11 is 8.06. The molecule has 0 saturated carbocycles. The fraction of sp³-hybridized carbons (Fsp3) is 0.375. The summed E-state index contributed by atoms with van der Waals surface area (Å²) in [6, 6.07) is 2.10. The van der Waals surface area contributed by atoms with Crippen LogP contribution in [0.1, 0.15) is 33.6 Å². The summed E-state index contributed by atoms with van der Waals surface area (Å²) in [5.41, 5.74) is 6.41. The van der Waals surface area contributed by atoms with Gasteiger partial charge in [0, 0.05) is 11.4 Å². The molecule has 0 aromatic carbocycles. The van der Waals surface area contributed by atoms with Crippen LogP contribution >= 0.6 is 34.3 Å². The topological polar surface area (TPSA) is 110 Å². The van der Waals surface area contributed by atoms with E-state index in [1.165, 1.54) is 27.8 Å². The number of aryl methyl sites for hydroxylation is 1. The highest BCUT2D eigenvalue weighted by Gasteiger charge is 2.40. The molecule has 3 N–H and O–H groups in total. The molecule has 1 aliphatic rings. The molecule has 0 radical (unpaired) electrons. The van der Waals surface area contributed by atoms with E-state index in [0.29, 0.717) is 27.7 Å². The number of halogens is 1. The molecule has 0 aliphatic carbocycles. The molecule has 0 spiro atoms. The van der Waals surface area contributed by atoms with Gasteiger partial charge < -0.3 is 11.1 Å². The molecule has 1 aliphatic heterocycles. The number of thiophene rings is 2. The van der Waals surface area contributed by atoms with E-state index in [9.17, 15) is 18.0 Å². The first-order valence-electron chi connectivity index (χ1n) is 8.10. The lowest BCUT2D eigenvalue weighted by Gasteiger charge is -2.22. The van der Waals surface area contributed by atoms with Crippen LogP contribution in [0.15, 0.2) is 16.3 Å². The predicted molar refractivity (Wildman–Crippen MR) is 107 cm³/mol. The Morgan fingerprint density at radius 2 is 2.00 bits per heavy atom. The van der Waals surface area contributed by atoms with Crippen molar-refractivity contribution in [3.05, 3.63) is 32.5 Å². The van der Waals surface area contributed by atoms with Crippen LogP contribution in [0.25, 0.3) is 0 Å². The highest BCUT2D eigenvalue weighted by atomic mass is 35.5. The minimum Gasteiger partial charge on any atom is -0.365 e. The van der Waals surface area contributed by atoms with Crippen LogP contribution in [0.5, 0.6) is 0 Å². The van der Waals surface area contributed by atoms with Crippen molar-refractivity contribution in [3.63, 3.8) is 0 Å². The minimum absolute atomic E-state index is 0.104. The van der Waals surface area contributed by atoms with Gasteiger partial charge in [-0.05, 0) is 44.4 Å². The lowest BCUT2D eigenvalue weighted by molar-refractivity contribution is -0.119. The molecule has 1 saturated heterocycles. The van der Waals surface area contributed by atoms with E-state index in [1.807, 2.05) is 6.92 Å². The summed E-state index contributed by atoms with van der Waals surface area (Å²) in [5, 5.41) is 3.06. The number of anilines is 1. The van der Waals surface area contributed by atoms with Crippen LogP contribution in [0, 0.1) is 13.8 Å². The zero-order valence-electron chi connectivity index (χ0n) is 14.6. The van der Waals surface area contributed by atoms with Gasteiger partial charge >= 0.3 is 0 Å². The summed E-state index contributed by atoms with van der Waals surface area (Å²) in [4.78, 5) is 25.4. The quantitative estimate of drug-likeness (QED) is 0.734. The first kappa shape index (κ1) is 20.3. The highest BCUT2D eigenvalue weighted by molar-refractivity contribution is 7.91. The van der Waals surface area contributed by atoms with Gasteiger partial charge in [0.25, 0.3) is 15.9 Å². The Bertz CT molecular complexity index is 1010. The molecular formula is C16H18ClN3O4S3. The van der Waals surface area contributed by atoms with E-state index < -0.39 is 27.9 Å². The molecule has 11 heteroatoms. The number of rotatable bonds is 5. The van der Waals surface area contributed by atoms with E-state index >= 15 is 0 Å². The zero-order chi connectivity index (χ0) is 19.9. The SMILES string of the molecule is Cc1sc(NC(=O)[C@@H]2CCCN2S(=O)(=O)c2ccc(Cl)s2)c(C(N)=O)c1C. The maximum absolute atomic E-state index is 12.9. The van der Waals surface area contributed by atoms with E-state index in [4.69, 9.17) is 17.3 Å². The van der Waals surface area contributed by atoms with Gasteiger partial charge in [0.15, 0.2) is 0 Å². The number of carbonyl (C=O) groups excluding carboxylic acids is 2. The molecule has 3 heterocycles. The van der Waals surface area contributed by atoms with E-state index in [0.717, 1.165) is 16.2 Å². The third-order valence-corrected chi connectivity index (χ3v) is 9.22. The standard InChI is InChI=1S/C16H18ClN3O4S3/c1-8-9(2)25-16(13(8)14(18)21)19-15(22)10-4-3-7-20(10)27(23,24)12-6-5-11(17)26-12/h5-6,10H,3-4,7H2,1-2H3,(H2,18,21)(H,19,22)/t10-/m0/s1. The van der Waals surface area contributed by atoms with Crippen molar-refractivity contribution < 1.29 is 18.0 Å². The van der Waals surface area contributed by atoms with Crippen molar-refractivity contribution in [3.8, 4) is 0 Å². The van der Waals surface area contributed by atoms with Crippen molar-refractivity contribution in [1.29, 1.82) is 0 Å². The number of primary amides is 1. The van der Waals surface area contributed by atoms with Crippen LogP contribution in [0.2, 0.25) is 4.34 Å². The molecule has 27 heavy (non-hydrogen) atoms. The maximum Gasteiger partial charge on any atom is 0.253 e. The molecule has 1 fully saturated rings. The minimum atomic E-state index is -3.82. The third-order valence-electron chi connectivity index (χ3n) is 4.49. The summed E-state index contributed by atoms with van der Waals surface area (Å²) in [5.74, 6) is -1.10. The van der Waals surface area contributed by atoms with Crippen LogP contribution in [-0.4, -0.2) is 37.1 Å². The molecule has 2 amide bonds. The molecule has 0 unspecified atom stereocenters. The van der Waals surface area contributed by atoms with E-state index in [1.54, 1.807) is 6.92 Å². The van der Waals surface area contributed by atoms with Gasteiger partial charge in [-0.2, -0.15) is 4.31 Å². The van der Waals surface area contributed by atoms with E-state index in [-0.39, 0.29) is 16.3 Å². The summed E-state index contributed by atoms with van der Waals surface area (Å²) in [6.45, 7) is 3.84. The monoisotopic (exact) mass is 447 g/mol. The second-order valence-electron chi connectivity index (χ2n) is 6.17. The average Bonchev–Trinajstić information content (AvgIpc) is 3.28. The number of hydrogen-bond donors (Lipinski definition) is 2. The highest BCUT2D eigenvalue weighted by Crippen LogP contribution is 2.35. The molecule has 1 atom stereocenters. The maximum atomic E-state index is 12.9. The normalized spacial score (nSPS) is 18.0. The number of amides is 2. The fourth-order valence-electron chi connectivity index (χ4n) is 3.05. The van der Waals surface area contributed by atoms with Crippen molar-refractivity contribution in [1.82, 2.24) is 4.31 Å². The molecule has 0 bridgehead atoms. The predicted octanol–water partition coefficient (Wildman–Crippen LogP) is 2.97. The van der Waals surface area contributed by atoms with Crippen molar-refractivity contribution >= 4 is 61.1 Å². The lowest BCUT2D eigenvalue weighted by atomic mass is 10.1. The Kier molecular flexibility index (Phi) is 5.64. The number of nitrogens with two attached hydrogens (primary N) is 1. The van der Waals surface area contributed by atoms with Gasteiger partial charge in [-0.3, -0.25) is 9.59 Å². The molecular weight excluding hydrogens is 430 g/mol. The Morgan fingerprint density at radius 3 is 2.59 bits per heavy atom. The number of carbonyl (C=O) groups is 2. The zero-order valence-corrected chi connectivity index (χ0v) is 17.8. The number of sulfonamides is 1. The van der Waals surface area contributed by atoms with Crippen molar-refractivity contribution in [2.45, 2.75) is 36.9 Å². The van der Waals surface area contributed by atoms with Gasteiger partial charge in [0.05, 0.1) is 9.90 Å². The molecule has 146 valence electrons. The molecule has 2 aromatic rings. The van der Waals surface area contributed by atoms with E-state index in [2.05, 4.69) is 5.32 Å². The van der Waals surface area contributed by atoms with Crippen LogP contribution in [0.4, 0.5) is 5.00 Å². The van der Waals surface area contributed by atoms with Gasteiger partial charge in [0.2, 0.25) is 5.91 Å². The second kappa shape index (κ2) is 7.51. The Hall–Kier alpha value is -1.46. The molecule has 2 aromatic heterocycles. The average molecular weight is 448 g/mol. The lowest BCUT2D eigenvalue weighted by Crippen LogP contribution is -2.43. The van der Waals surface area contributed by atoms with Gasteiger partial charge in [0.1, 0.15) is 15.3 Å². The molecule has 3 rings (SSSR count). The fourth-order valence-corrected chi connectivity index (χ4v) is 7.39.